The highest BCUT2D eigenvalue weighted by atomic mass is 16.5. The molecule has 14 heavy (non-hydrogen) atoms. The first-order chi connectivity index (χ1) is 6.74. The van der Waals surface area contributed by atoms with Crippen LogP contribution in [0.2, 0.25) is 0 Å². The molecule has 0 fully saturated rings. The lowest BCUT2D eigenvalue weighted by Gasteiger charge is -1.98. The third-order valence-corrected chi connectivity index (χ3v) is 1.53. The van der Waals surface area contributed by atoms with Crippen LogP contribution in [-0.2, 0) is 9.53 Å². The zero-order chi connectivity index (χ0) is 10.4. The first-order valence-electron chi connectivity index (χ1n) is 4.04. The second kappa shape index (κ2) is 5.18. The summed E-state index contributed by atoms with van der Waals surface area (Å²) < 4.78 is 4.61. The van der Waals surface area contributed by atoms with Crippen molar-refractivity contribution in [2.75, 3.05) is 13.7 Å². The van der Waals surface area contributed by atoms with Gasteiger partial charge in [0, 0.05) is 13.3 Å². The highest BCUT2D eigenvalue weighted by Crippen LogP contribution is 1.98. The van der Waals surface area contributed by atoms with Gasteiger partial charge >= 0.3 is 0 Å². The molecule has 0 aliphatic carbocycles. The van der Waals surface area contributed by atoms with Crippen molar-refractivity contribution in [2.45, 2.75) is 6.42 Å². The minimum Gasteiger partial charge on any atom is -0.377 e. The van der Waals surface area contributed by atoms with E-state index in [2.05, 4.69) is 14.7 Å². The zero-order valence-corrected chi connectivity index (χ0v) is 7.77. The second-order valence-electron chi connectivity index (χ2n) is 2.67. The molecule has 1 rings (SSSR count). The van der Waals surface area contributed by atoms with Crippen LogP contribution in [0.5, 0.6) is 0 Å². The van der Waals surface area contributed by atoms with Gasteiger partial charge in [0.25, 0.3) is 0 Å². The topological polar surface area (TPSA) is 69.2 Å². The molecule has 5 nitrogen and oxygen atoms in total. The Morgan fingerprint density at radius 3 is 2.86 bits per heavy atom. The number of carbonyl (C=O) groups is 2. The van der Waals surface area contributed by atoms with E-state index in [1.54, 1.807) is 0 Å². The van der Waals surface area contributed by atoms with E-state index < -0.39 is 0 Å². The summed E-state index contributed by atoms with van der Waals surface area (Å²) in [7, 11) is 1.41. The summed E-state index contributed by atoms with van der Waals surface area (Å²) in [6, 6.07) is 1.47. The molecular formula is C9H10N2O3. The van der Waals surface area contributed by atoms with Crippen molar-refractivity contribution in [2.24, 2.45) is 0 Å². The third kappa shape index (κ3) is 3.02. The fourth-order valence-electron chi connectivity index (χ4n) is 0.937. The Bertz CT molecular complexity index is 324. The molecule has 0 amide bonds. The molecule has 0 saturated carbocycles. The molecule has 1 heterocycles. The predicted molar refractivity (Wildman–Crippen MR) is 47.9 cm³/mol. The van der Waals surface area contributed by atoms with E-state index in [1.807, 2.05) is 0 Å². The molecule has 74 valence electrons. The van der Waals surface area contributed by atoms with Crippen LogP contribution in [0.15, 0.2) is 18.6 Å². The lowest BCUT2D eigenvalue weighted by Crippen LogP contribution is -2.13. The maximum absolute atomic E-state index is 11.4. The van der Waals surface area contributed by atoms with Gasteiger partial charge in [-0.2, -0.15) is 0 Å². The minimum atomic E-state index is -0.311. The monoisotopic (exact) mass is 194 g/mol. The van der Waals surface area contributed by atoms with Gasteiger partial charge in [-0.15, -0.1) is 0 Å². The van der Waals surface area contributed by atoms with Crippen molar-refractivity contribution in [3.8, 4) is 0 Å². The molecule has 0 aromatic carbocycles. The van der Waals surface area contributed by atoms with E-state index in [0.29, 0.717) is 0 Å². The van der Waals surface area contributed by atoms with Gasteiger partial charge in [0.2, 0.25) is 0 Å². The number of hydrogen-bond acceptors (Lipinski definition) is 5. The molecular weight excluding hydrogens is 184 g/mol. The lowest BCUT2D eigenvalue weighted by molar-refractivity contribution is -0.121. The minimum absolute atomic E-state index is 0.0448. The number of aromatic nitrogens is 2. The SMILES string of the molecule is COCC(=O)CC(=O)c1ccncn1. The summed E-state index contributed by atoms with van der Waals surface area (Å²) in [5.74, 6) is -0.564. The van der Waals surface area contributed by atoms with Crippen molar-refractivity contribution >= 4 is 11.6 Å². The molecule has 0 spiro atoms. The highest BCUT2D eigenvalue weighted by molar-refractivity contribution is 6.07. The first kappa shape index (κ1) is 10.5. The van der Waals surface area contributed by atoms with Gasteiger partial charge in [-0.3, -0.25) is 9.59 Å². The van der Waals surface area contributed by atoms with Gasteiger partial charge in [0.1, 0.15) is 18.6 Å². The largest absolute Gasteiger partial charge is 0.377 e. The van der Waals surface area contributed by atoms with E-state index in [1.165, 1.54) is 25.7 Å². The van der Waals surface area contributed by atoms with E-state index in [0.717, 1.165) is 0 Å². The summed E-state index contributed by atoms with van der Waals surface area (Å²) in [5, 5.41) is 0. The number of carbonyl (C=O) groups excluding carboxylic acids is 2. The van der Waals surface area contributed by atoms with Gasteiger partial charge in [0.15, 0.2) is 11.6 Å². The molecule has 1 aromatic rings. The second-order valence-corrected chi connectivity index (χ2v) is 2.67. The van der Waals surface area contributed by atoms with Crippen molar-refractivity contribution < 1.29 is 14.3 Å². The number of ether oxygens (including phenoxy) is 1. The molecule has 0 aliphatic heterocycles. The van der Waals surface area contributed by atoms with Gasteiger partial charge < -0.3 is 4.74 Å². The fraction of sp³-hybridized carbons (Fsp3) is 0.333. The Morgan fingerprint density at radius 1 is 1.50 bits per heavy atom. The molecule has 0 saturated heterocycles. The van der Waals surface area contributed by atoms with Gasteiger partial charge in [-0.05, 0) is 6.07 Å². The zero-order valence-electron chi connectivity index (χ0n) is 7.77. The van der Waals surface area contributed by atoms with E-state index in [9.17, 15) is 9.59 Å². The van der Waals surface area contributed by atoms with Crippen LogP contribution in [0.4, 0.5) is 0 Å². The Labute approximate surface area is 81.1 Å². The standard InChI is InChI=1S/C9H10N2O3/c1-14-5-7(12)4-9(13)8-2-3-10-6-11-8/h2-3,6H,4-5H2,1H3. The number of Topliss-reactive ketones (excluding diaryl/α,β-unsaturated/α-hetero) is 2. The summed E-state index contributed by atoms with van der Waals surface area (Å²) in [6.45, 7) is -0.0448. The normalized spacial score (nSPS) is 9.79. The molecule has 1 aromatic heterocycles. The number of nitrogens with zero attached hydrogens (tertiary/aromatic N) is 2. The molecule has 0 unspecified atom stereocenters. The van der Waals surface area contributed by atoms with E-state index in [4.69, 9.17) is 0 Å². The summed E-state index contributed by atoms with van der Waals surface area (Å²) >= 11 is 0. The number of methoxy groups -OCH3 is 1. The maximum atomic E-state index is 11.4. The lowest BCUT2D eigenvalue weighted by atomic mass is 10.1. The Kier molecular flexibility index (Phi) is 3.87. The van der Waals surface area contributed by atoms with Crippen LogP contribution in [0.1, 0.15) is 16.9 Å². The van der Waals surface area contributed by atoms with Crippen LogP contribution < -0.4 is 0 Å². The third-order valence-electron chi connectivity index (χ3n) is 1.53. The molecule has 0 bridgehead atoms. The molecule has 0 aliphatic rings. The van der Waals surface area contributed by atoms with Gasteiger partial charge in [-0.25, -0.2) is 9.97 Å². The highest BCUT2D eigenvalue weighted by Gasteiger charge is 2.12. The van der Waals surface area contributed by atoms with Crippen molar-refractivity contribution in [3.63, 3.8) is 0 Å². The summed E-state index contributed by atoms with van der Waals surface area (Å²) in [5.41, 5.74) is 0.254. The average Bonchev–Trinajstić information content (AvgIpc) is 2.19. The predicted octanol–water partition coefficient (Wildman–Crippen LogP) is 0.265. The van der Waals surface area contributed by atoms with Crippen LogP contribution in [-0.4, -0.2) is 35.3 Å². The van der Waals surface area contributed by atoms with Crippen molar-refractivity contribution in [1.29, 1.82) is 0 Å². The molecule has 5 heteroatoms. The number of rotatable bonds is 5. The average molecular weight is 194 g/mol. The van der Waals surface area contributed by atoms with Gasteiger partial charge in [0.05, 0.1) is 6.42 Å². The molecule has 0 N–H and O–H groups in total. The number of ketones is 2. The Balaban J connectivity index is 2.55. The molecule has 0 radical (unpaired) electrons. The van der Waals surface area contributed by atoms with Crippen LogP contribution in [0, 0.1) is 0 Å². The quantitative estimate of drug-likeness (QED) is 0.497. The maximum Gasteiger partial charge on any atom is 0.188 e. The van der Waals surface area contributed by atoms with Crippen molar-refractivity contribution in [3.05, 3.63) is 24.3 Å². The van der Waals surface area contributed by atoms with E-state index >= 15 is 0 Å². The Hall–Kier alpha value is -1.62. The molecule has 0 atom stereocenters. The summed E-state index contributed by atoms with van der Waals surface area (Å²) in [4.78, 5) is 29.8. The smallest absolute Gasteiger partial charge is 0.188 e. The Morgan fingerprint density at radius 2 is 2.29 bits per heavy atom. The van der Waals surface area contributed by atoms with Crippen molar-refractivity contribution in [1.82, 2.24) is 9.97 Å². The summed E-state index contributed by atoms with van der Waals surface area (Å²) in [6.07, 6.45) is 2.56. The van der Waals surface area contributed by atoms with Gasteiger partial charge in [-0.1, -0.05) is 0 Å². The van der Waals surface area contributed by atoms with Crippen LogP contribution >= 0.6 is 0 Å². The fourth-order valence-corrected chi connectivity index (χ4v) is 0.937. The van der Waals surface area contributed by atoms with Crippen LogP contribution in [0.25, 0.3) is 0 Å². The van der Waals surface area contributed by atoms with Crippen LogP contribution in [0.3, 0.4) is 0 Å². The first-order valence-corrected chi connectivity index (χ1v) is 4.04. The van der Waals surface area contributed by atoms with E-state index in [-0.39, 0.29) is 30.3 Å². The number of hydrogen-bond donors (Lipinski definition) is 0.